The van der Waals surface area contributed by atoms with E-state index in [9.17, 15) is 13.6 Å². The molecule has 0 aliphatic heterocycles. The molecule has 0 saturated carbocycles. The maximum atomic E-state index is 13.1. The van der Waals surface area contributed by atoms with Gasteiger partial charge in [0.1, 0.15) is 23.5 Å². The number of halogens is 2. The molecule has 0 radical (unpaired) electrons. The van der Waals surface area contributed by atoms with Crippen LogP contribution in [-0.2, 0) is 9.53 Å². The van der Waals surface area contributed by atoms with Crippen molar-refractivity contribution in [3.8, 4) is 5.75 Å². The van der Waals surface area contributed by atoms with E-state index in [1.54, 1.807) is 26.0 Å². The van der Waals surface area contributed by atoms with Gasteiger partial charge in [-0.3, -0.25) is 4.79 Å². The van der Waals surface area contributed by atoms with Gasteiger partial charge in [-0.15, -0.1) is 0 Å². The van der Waals surface area contributed by atoms with Crippen molar-refractivity contribution in [2.75, 3.05) is 0 Å². The van der Waals surface area contributed by atoms with E-state index in [-0.39, 0.29) is 24.0 Å². The minimum atomic E-state index is -0.628. The van der Waals surface area contributed by atoms with E-state index in [0.29, 0.717) is 11.3 Å². The van der Waals surface area contributed by atoms with Crippen LogP contribution in [0.3, 0.4) is 0 Å². The highest BCUT2D eigenvalue weighted by molar-refractivity contribution is 5.69. The Morgan fingerprint density at radius 3 is 2.04 bits per heavy atom. The molecule has 0 saturated heterocycles. The van der Waals surface area contributed by atoms with Crippen LogP contribution in [0.4, 0.5) is 8.78 Å². The number of carbonyl (C=O) groups excluding carboxylic acids is 1. The summed E-state index contributed by atoms with van der Waals surface area (Å²) in [5.74, 6) is -0.666. The molecule has 2 rings (SSSR count). The van der Waals surface area contributed by atoms with Crippen LogP contribution in [0.1, 0.15) is 31.9 Å². The number of rotatable bonds is 6. The summed E-state index contributed by atoms with van der Waals surface area (Å²) in [5, 5.41) is 0. The summed E-state index contributed by atoms with van der Waals surface area (Å²) >= 11 is 0. The van der Waals surface area contributed by atoms with Gasteiger partial charge in [-0.1, -0.05) is 19.1 Å². The monoisotopic (exact) mass is 320 g/mol. The second-order valence-corrected chi connectivity index (χ2v) is 5.09. The van der Waals surface area contributed by atoms with E-state index in [1.807, 2.05) is 0 Å². The summed E-state index contributed by atoms with van der Waals surface area (Å²) < 4.78 is 37.3. The van der Waals surface area contributed by atoms with Crippen molar-refractivity contribution < 1.29 is 23.0 Å². The van der Waals surface area contributed by atoms with Crippen molar-refractivity contribution >= 4 is 5.97 Å². The molecular formula is C18H18F2O3. The van der Waals surface area contributed by atoms with Crippen molar-refractivity contribution in [2.24, 2.45) is 0 Å². The number of hydrogen-bond acceptors (Lipinski definition) is 3. The molecular weight excluding hydrogens is 302 g/mol. The number of esters is 1. The zero-order chi connectivity index (χ0) is 16.8. The standard InChI is InChI=1S/C18H18F2O3/c1-3-17(21)22-12(2)18(13-4-6-14(19)7-5-13)23-16-10-8-15(20)9-11-16/h4-12,18H,3H2,1-2H3. The third kappa shape index (κ3) is 4.77. The highest BCUT2D eigenvalue weighted by Crippen LogP contribution is 2.27. The van der Waals surface area contributed by atoms with Gasteiger partial charge >= 0.3 is 5.97 Å². The Morgan fingerprint density at radius 1 is 1.00 bits per heavy atom. The molecule has 0 aliphatic carbocycles. The SMILES string of the molecule is CCC(=O)OC(C)C(Oc1ccc(F)cc1)c1ccc(F)cc1. The summed E-state index contributed by atoms with van der Waals surface area (Å²) in [6.45, 7) is 3.40. The molecule has 0 N–H and O–H groups in total. The molecule has 0 aromatic heterocycles. The van der Waals surface area contributed by atoms with E-state index in [1.165, 1.54) is 36.4 Å². The molecule has 3 nitrogen and oxygen atoms in total. The highest BCUT2D eigenvalue weighted by Gasteiger charge is 2.24. The lowest BCUT2D eigenvalue weighted by atomic mass is 10.0. The lowest BCUT2D eigenvalue weighted by Gasteiger charge is -2.25. The van der Waals surface area contributed by atoms with E-state index < -0.39 is 12.2 Å². The lowest BCUT2D eigenvalue weighted by Crippen LogP contribution is -2.26. The Hall–Kier alpha value is -2.43. The Labute approximate surface area is 133 Å². The average molecular weight is 320 g/mol. The lowest BCUT2D eigenvalue weighted by molar-refractivity contribution is -0.152. The van der Waals surface area contributed by atoms with Crippen molar-refractivity contribution in [3.05, 3.63) is 65.7 Å². The van der Waals surface area contributed by atoms with Gasteiger partial charge in [0, 0.05) is 6.42 Å². The molecule has 0 spiro atoms. The van der Waals surface area contributed by atoms with Crippen LogP contribution < -0.4 is 4.74 Å². The van der Waals surface area contributed by atoms with E-state index in [2.05, 4.69) is 0 Å². The van der Waals surface area contributed by atoms with Gasteiger partial charge in [0.05, 0.1) is 0 Å². The first-order valence-corrected chi connectivity index (χ1v) is 7.36. The largest absolute Gasteiger partial charge is 0.482 e. The van der Waals surface area contributed by atoms with Gasteiger partial charge in [0.25, 0.3) is 0 Å². The molecule has 2 aromatic carbocycles. The topological polar surface area (TPSA) is 35.5 Å². The zero-order valence-electron chi connectivity index (χ0n) is 13.0. The predicted octanol–water partition coefficient (Wildman–Crippen LogP) is 4.43. The van der Waals surface area contributed by atoms with E-state index in [0.717, 1.165) is 0 Å². The van der Waals surface area contributed by atoms with Gasteiger partial charge < -0.3 is 9.47 Å². The second kappa shape index (κ2) is 7.72. The average Bonchev–Trinajstić information content (AvgIpc) is 2.55. The minimum Gasteiger partial charge on any atom is -0.482 e. The Bertz CT molecular complexity index is 638. The van der Waals surface area contributed by atoms with E-state index >= 15 is 0 Å². The summed E-state index contributed by atoms with van der Waals surface area (Å²) in [6.07, 6.45) is -0.966. The summed E-state index contributed by atoms with van der Waals surface area (Å²) in [5.41, 5.74) is 0.659. The Kier molecular flexibility index (Phi) is 5.68. The molecule has 0 bridgehead atoms. The Morgan fingerprint density at radius 2 is 1.52 bits per heavy atom. The molecule has 23 heavy (non-hydrogen) atoms. The first-order valence-electron chi connectivity index (χ1n) is 7.36. The third-order valence-electron chi connectivity index (χ3n) is 3.31. The fourth-order valence-corrected chi connectivity index (χ4v) is 2.10. The van der Waals surface area contributed by atoms with Crippen LogP contribution in [0, 0.1) is 11.6 Å². The van der Waals surface area contributed by atoms with Crippen molar-refractivity contribution in [1.29, 1.82) is 0 Å². The fourth-order valence-electron chi connectivity index (χ4n) is 2.10. The van der Waals surface area contributed by atoms with Crippen LogP contribution in [-0.4, -0.2) is 12.1 Å². The first kappa shape index (κ1) is 16.9. The molecule has 122 valence electrons. The first-order chi connectivity index (χ1) is 11.0. The summed E-state index contributed by atoms with van der Waals surface area (Å²) in [7, 11) is 0. The maximum Gasteiger partial charge on any atom is 0.305 e. The molecule has 5 heteroatoms. The van der Waals surface area contributed by atoms with Crippen LogP contribution in [0.15, 0.2) is 48.5 Å². The van der Waals surface area contributed by atoms with Gasteiger partial charge in [-0.05, 0) is 48.9 Å². The van der Waals surface area contributed by atoms with Crippen molar-refractivity contribution in [1.82, 2.24) is 0 Å². The Balaban J connectivity index is 2.24. The second-order valence-electron chi connectivity index (χ2n) is 5.09. The summed E-state index contributed by atoms with van der Waals surface area (Å²) in [6, 6.07) is 11.3. The van der Waals surface area contributed by atoms with Gasteiger partial charge in [-0.2, -0.15) is 0 Å². The number of hydrogen-bond donors (Lipinski definition) is 0. The van der Waals surface area contributed by atoms with Gasteiger partial charge in [0.2, 0.25) is 0 Å². The fraction of sp³-hybridized carbons (Fsp3) is 0.278. The minimum absolute atomic E-state index is 0.247. The van der Waals surface area contributed by atoms with Crippen molar-refractivity contribution in [3.63, 3.8) is 0 Å². The van der Waals surface area contributed by atoms with Crippen LogP contribution in [0.2, 0.25) is 0 Å². The molecule has 0 heterocycles. The van der Waals surface area contributed by atoms with Crippen LogP contribution in [0.25, 0.3) is 0 Å². The number of carbonyl (C=O) groups is 1. The van der Waals surface area contributed by atoms with Gasteiger partial charge in [-0.25, -0.2) is 8.78 Å². The predicted molar refractivity (Wildman–Crippen MR) is 82.0 cm³/mol. The third-order valence-corrected chi connectivity index (χ3v) is 3.31. The quantitative estimate of drug-likeness (QED) is 0.739. The smallest absolute Gasteiger partial charge is 0.305 e. The van der Waals surface area contributed by atoms with E-state index in [4.69, 9.17) is 9.47 Å². The molecule has 0 fully saturated rings. The normalized spacial score (nSPS) is 13.2. The molecule has 2 unspecified atom stereocenters. The molecule has 0 aliphatic rings. The maximum absolute atomic E-state index is 13.1. The summed E-state index contributed by atoms with van der Waals surface area (Å²) in [4.78, 5) is 11.5. The molecule has 0 amide bonds. The van der Waals surface area contributed by atoms with Crippen LogP contribution in [0.5, 0.6) is 5.75 Å². The molecule has 2 atom stereocenters. The number of ether oxygens (including phenoxy) is 2. The number of benzene rings is 2. The van der Waals surface area contributed by atoms with Gasteiger partial charge in [0.15, 0.2) is 6.10 Å². The molecule has 2 aromatic rings. The van der Waals surface area contributed by atoms with Crippen molar-refractivity contribution in [2.45, 2.75) is 32.5 Å². The zero-order valence-corrected chi connectivity index (χ0v) is 13.0. The highest BCUT2D eigenvalue weighted by atomic mass is 19.1. The van der Waals surface area contributed by atoms with Crippen LogP contribution >= 0.6 is 0 Å².